The first kappa shape index (κ1) is 16.4. The van der Waals surface area contributed by atoms with Crippen molar-refractivity contribution < 1.29 is 9.21 Å². The van der Waals surface area contributed by atoms with Gasteiger partial charge < -0.3 is 9.73 Å². The highest BCUT2D eigenvalue weighted by Gasteiger charge is 2.16. The first-order chi connectivity index (χ1) is 12.7. The van der Waals surface area contributed by atoms with E-state index in [9.17, 15) is 4.79 Å². The Bertz CT molecular complexity index is 1040. The molecule has 0 radical (unpaired) electrons. The molecule has 130 valence electrons. The Hall–Kier alpha value is -3.06. The van der Waals surface area contributed by atoms with E-state index in [1.807, 2.05) is 55.5 Å². The normalized spacial score (nSPS) is 11.0. The van der Waals surface area contributed by atoms with Gasteiger partial charge >= 0.3 is 0 Å². The van der Waals surface area contributed by atoms with Crippen molar-refractivity contribution in [2.75, 3.05) is 5.32 Å². The number of anilines is 1. The topological polar surface area (TPSA) is 80.9 Å². The number of fused-ring (bicyclic) bond motifs is 1. The van der Waals surface area contributed by atoms with Gasteiger partial charge in [0.1, 0.15) is 10.4 Å². The predicted molar refractivity (Wildman–Crippen MR) is 101 cm³/mol. The molecule has 0 aliphatic heterocycles. The number of nitrogens with one attached hydrogen (secondary N) is 1. The van der Waals surface area contributed by atoms with E-state index in [1.54, 1.807) is 0 Å². The van der Waals surface area contributed by atoms with Gasteiger partial charge in [-0.15, -0.1) is 5.10 Å². The zero-order valence-corrected chi connectivity index (χ0v) is 14.9. The van der Waals surface area contributed by atoms with Crippen LogP contribution in [0.1, 0.15) is 28.7 Å². The van der Waals surface area contributed by atoms with Crippen LogP contribution in [0.3, 0.4) is 0 Å². The second-order valence-electron chi connectivity index (χ2n) is 5.82. The summed E-state index contributed by atoms with van der Waals surface area (Å²) in [6.07, 6.45) is 1.65. The molecule has 2 heterocycles. The van der Waals surface area contributed by atoms with Crippen LogP contribution in [0, 0.1) is 0 Å². The largest absolute Gasteiger partial charge is 0.436 e. The summed E-state index contributed by atoms with van der Waals surface area (Å²) < 4.78 is 9.69. The standard InChI is InChI=1S/C19H16N4O2S/c1-2-6-15-17(26-23-22-15)18(24)20-13-8-5-7-12(11-13)19-21-14-9-3-4-10-16(14)25-19/h3-5,7-11H,2,6H2,1H3,(H,20,24). The van der Waals surface area contributed by atoms with Gasteiger partial charge in [0.15, 0.2) is 5.58 Å². The van der Waals surface area contributed by atoms with E-state index in [0.29, 0.717) is 16.5 Å². The molecule has 0 fully saturated rings. The van der Waals surface area contributed by atoms with Gasteiger partial charge in [0.25, 0.3) is 5.91 Å². The van der Waals surface area contributed by atoms with Crippen LogP contribution in [-0.4, -0.2) is 20.5 Å². The van der Waals surface area contributed by atoms with Crippen molar-refractivity contribution in [1.82, 2.24) is 14.6 Å². The zero-order chi connectivity index (χ0) is 17.9. The maximum absolute atomic E-state index is 12.5. The van der Waals surface area contributed by atoms with Crippen molar-refractivity contribution in [3.8, 4) is 11.5 Å². The monoisotopic (exact) mass is 364 g/mol. The van der Waals surface area contributed by atoms with Crippen LogP contribution in [0.4, 0.5) is 5.69 Å². The number of benzene rings is 2. The van der Waals surface area contributed by atoms with E-state index in [-0.39, 0.29) is 5.91 Å². The summed E-state index contributed by atoms with van der Waals surface area (Å²) >= 11 is 1.12. The van der Waals surface area contributed by atoms with Gasteiger partial charge in [-0.1, -0.05) is 36.0 Å². The minimum absolute atomic E-state index is 0.196. The summed E-state index contributed by atoms with van der Waals surface area (Å²) in [6, 6.07) is 15.0. The van der Waals surface area contributed by atoms with Crippen molar-refractivity contribution in [2.24, 2.45) is 0 Å². The molecule has 7 heteroatoms. The maximum Gasteiger partial charge on any atom is 0.269 e. The number of oxazole rings is 1. The average molecular weight is 364 g/mol. The molecule has 0 aliphatic carbocycles. The summed E-state index contributed by atoms with van der Waals surface area (Å²) in [4.78, 5) is 17.6. The number of hydrogen-bond acceptors (Lipinski definition) is 6. The highest BCUT2D eigenvalue weighted by Crippen LogP contribution is 2.26. The number of carbonyl (C=O) groups excluding carboxylic acids is 1. The summed E-state index contributed by atoms with van der Waals surface area (Å²) in [5.74, 6) is 0.326. The van der Waals surface area contributed by atoms with E-state index < -0.39 is 0 Å². The molecule has 0 saturated heterocycles. The molecule has 4 rings (SSSR count). The third-order valence-electron chi connectivity index (χ3n) is 3.91. The minimum Gasteiger partial charge on any atom is -0.436 e. The van der Waals surface area contributed by atoms with E-state index >= 15 is 0 Å². The van der Waals surface area contributed by atoms with Crippen LogP contribution in [0.5, 0.6) is 0 Å². The fourth-order valence-electron chi connectivity index (χ4n) is 2.69. The summed E-state index contributed by atoms with van der Waals surface area (Å²) in [5, 5.41) is 6.95. The second-order valence-corrected chi connectivity index (χ2v) is 6.57. The molecule has 0 atom stereocenters. The van der Waals surface area contributed by atoms with Crippen LogP contribution in [0.15, 0.2) is 52.9 Å². The third kappa shape index (κ3) is 3.21. The lowest BCUT2D eigenvalue weighted by Gasteiger charge is -2.05. The molecule has 0 spiro atoms. The average Bonchev–Trinajstić information content (AvgIpc) is 3.29. The van der Waals surface area contributed by atoms with Gasteiger partial charge in [0, 0.05) is 11.3 Å². The Balaban J connectivity index is 1.59. The van der Waals surface area contributed by atoms with E-state index in [0.717, 1.165) is 46.7 Å². The second kappa shape index (κ2) is 7.05. The summed E-state index contributed by atoms with van der Waals surface area (Å²) in [5.41, 5.74) is 3.75. The molecule has 0 bridgehead atoms. The summed E-state index contributed by atoms with van der Waals surface area (Å²) in [7, 11) is 0. The Morgan fingerprint density at radius 3 is 2.92 bits per heavy atom. The number of para-hydroxylation sites is 2. The van der Waals surface area contributed by atoms with Crippen molar-refractivity contribution in [1.29, 1.82) is 0 Å². The Morgan fingerprint density at radius 1 is 1.19 bits per heavy atom. The number of aromatic nitrogens is 3. The molecule has 26 heavy (non-hydrogen) atoms. The highest BCUT2D eigenvalue weighted by atomic mass is 32.1. The Morgan fingerprint density at radius 2 is 2.08 bits per heavy atom. The SMILES string of the molecule is CCCc1nnsc1C(=O)Nc1cccc(-c2nc3ccccc3o2)c1. The maximum atomic E-state index is 12.5. The molecule has 2 aromatic carbocycles. The molecule has 0 aliphatic rings. The minimum atomic E-state index is -0.196. The number of hydrogen-bond donors (Lipinski definition) is 1. The number of nitrogens with zero attached hydrogens (tertiary/aromatic N) is 3. The first-order valence-corrected chi connectivity index (χ1v) is 9.10. The number of amides is 1. The smallest absolute Gasteiger partial charge is 0.269 e. The molecule has 1 amide bonds. The van der Waals surface area contributed by atoms with Gasteiger partial charge in [-0.05, 0) is 48.3 Å². The number of carbonyl (C=O) groups is 1. The molecular formula is C19H16N4O2S. The van der Waals surface area contributed by atoms with Crippen LogP contribution in [-0.2, 0) is 6.42 Å². The third-order valence-corrected chi connectivity index (χ3v) is 4.68. The molecule has 6 nitrogen and oxygen atoms in total. The quantitative estimate of drug-likeness (QED) is 0.562. The molecule has 0 unspecified atom stereocenters. The molecular weight excluding hydrogens is 348 g/mol. The van der Waals surface area contributed by atoms with E-state index in [1.165, 1.54) is 0 Å². The van der Waals surface area contributed by atoms with Crippen LogP contribution in [0.25, 0.3) is 22.6 Å². The molecule has 2 aromatic heterocycles. The van der Waals surface area contributed by atoms with Crippen molar-refractivity contribution in [3.05, 3.63) is 59.1 Å². The number of aryl methyl sites for hydroxylation is 1. The molecule has 0 saturated carbocycles. The Labute approximate surface area is 154 Å². The molecule has 4 aromatic rings. The van der Waals surface area contributed by atoms with Gasteiger partial charge in [-0.25, -0.2) is 4.98 Å². The molecule has 1 N–H and O–H groups in total. The van der Waals surface area contributed by atoms with E-state index in [2.05, 4.69) is 19.9 Å². The summed E-state index contributed by atoms with van der Waals surface area (Å²) in [6.45, 7) is 2.05. The fraction of sp³-hybridized carbons (Fsp3) is 0.158. The van der Waals surface area contributed by atoms with Crippen molar-refractivity contribution in [3.63, 3.8) is 0 Å². The van der Waals surface area contributed by atoms with Crippen molar-refractivity contribution in [2.45, 2.75) is 19.8 Å². The van der Waals surface area contributed by atoms with Crippen molar-refractivity contribution >= 4 is 34.2 Å². The van der Waals surface area contributed by atoms with Gasteiger partial charge in [0.05, 0.1) is 5.69 Å². The lowest BCUT2D eigenvalue weighted by molar-refractivity contribution is 0.102. The lowest BCUT2D eigenvalue weighted by atomic mass is 10.2. The van der Waals surface area contributed by atoms with Gasteiger partial charge in [-0.2, -0.15) is 0 Å². The fourth-order valence-corrected chi connectivity index (χ4v) is 3.30. The van der Waals surface area contributed by atoms with Crippen LogP contribution < -0.4 is 5.32 Å². The first-order valence-electron chi connectivity index (χ1n) is 8.33. The lowest BCUT2D eigenvalue weighted by Crippen LogP contribution is -2.12. The number of rotatable bonds is 5. The van der Waals surface area contributed by atoms with Gasteiger partial charge in [-0.3, -0.25) is 4.79 Å². The van der Waals surface area contributed by atoms with Crippen LogP contribution in [0.2, 0.25) is 0 Å². The van der Waals surface area contributed by atoms with E-state index in [4.69, 9.17) is 4.42 Å². The van der Waals surface area contributed by atoms with Gasteiger partial charge in [0.2, 0.25) is 5.89 Å². The zero-order valence-electron chi connectivity index (χ0n) is 14.1. The van der Waals surface area contributed by atoms with Crippen LogP contribution >= 0.6 is 11.5 Å². The highest BCUT2D eigenvalue weighted by molar-refractivity contribution is 7.08. The predicted octanol–water partition coefficient (Wildman–Crippen LogP) is 4.55. The Kier molecular flexibility index (Phi) is 4.45.